The number of nitro groups is 1. The van der Waals surface area contributed by atoms with E-state index in [1.54, 1.807) is 9.80 Å². The van der Waals surface area contributed by atoms with Gasteiger partial charge < -0.3 is 9.80 Å². The summed E-state index contributed by atoms with van der Waals surface area (Å²) in [5.41, 5.74) is -0.527. The second-order valence-corrected chi connectivity index (χ2v) is 7.16. The first-order valence-corrected chi connectivity index (χ1v) is 8.01. The summed E-state index contributed by atoms with van der Waals surface area (Å²) in [6.07, 6.45) is 0. The van der Waals surface area contributed by atoms with E-state index < -0.39 is 10.3 Å². The number of hydrogen-bond donors (Lipinski definition) is 0. The highest BCUT2D eigenvalue weighted by Crippen LogP contribution is 2.24. The predicted octanol–water partition coefficient (Wildman–Crippen LogP) is 2.58. The molecule has 0 spiro atoms. The monoisotopic (exact) mass is 353 g/mol. The van der Waals surface area contributed by atoms with Crippen molar-refractivity contribution in [2.45, 2.75) is 20.8 Å². The Hall–Kier alpha value is -2.15. The molecule has 0 atom stereocenters. The highest BCUT2D eigenvalue weighted by atomic mass is 35.5. The Morgan fingerprint density at radius 1 is 1.12 bits per heavy atom. The summed E-state index contributed by atoms with van der Waals surface area (Å²) in [7, 11) is 0. The van der Waals surface area contributed by atoms with Crippen LogP contribution in [0.25, 0.3) is 0 Å². The van der Waals surface area contributed by atoms with Crippen LogP contribution in [0.15, 0.2) is 18.2 Å². The van der Waals surface area contributed by atoms with E-state index >= 15 is 0 Å². The molecule has 0 unspecified atom stereocenters. The van der Waals surface area contributed by atoms with Gasteiger partial charge in [0, 0.05) is 43.7 Å². The van der Waals surface area contributed by atoms with E-state index in [1.165, 1.54) is 18.2 Å². The van der Waals surface area contributed by atoms with Crippen molar-refractivity contribution in [2.24, 2.45) is 5.41 Å². The van der Waals surface area contributed by atoms with E-state index in [0.717, 1.165) is 0 Å². The van der Waals surface area contributed by atoms with Crippen LogP contribution in [0.2, 0.25) is 5.02 Å². The zero-order valence-corrected chi connectivity index (χ0v) is 14.7. The Morgan fingerprint density at radius 2 is 1.67 bits per heavy atom. The van der Waals surface area contributed by atoms with Crippen LogP contribution in [0.5, 0.6) is 0 Å². The molecule has 0 saturated carbocycles. The average Bonchev–Trinajstić information content (AvgIpc) is 2.53. The first-order chi connectivity index (χ1) is 11.1. The second kappa shape index (κ2) is 6.76. The van der Waals surface area contributed by atoms with E-state index in [0.29, 0.717) is 26.2 Å². The second-order valence-electron chi connectivity index (χ2n) is 6.76. The minimum Gasteiger partial charge on any atom is -0.339 e. The number of carbonyl (C=O) groups excluding carboxylic acids is 2. The maximum Gasteiger partial charge on any atom is 0.270 e. The van der Waals surface area contributed by atoms with Crippen LogP contribution in [0.3, 0.4) is 0 Å². The van der Waals surface area contributed by atoms with E-state index in [1.807, 2.05) is 20.8 Å². The SMILES string of the molecule is CC(C)(C)C(=O)N1CCN(C(=O)c2cc([N+](=O)[O-])ccc2Cl)CC1. The molecule has 2 rings (SSSR count). The molecule has 8 heteroatoms. The van der Waals surface area contributed by atoms with Crippen molar-refractivity contribution >= 4 is 29.1 Å². The molecular weight excluding hydrogens is 334 g/mol. The van der Waals surface area contributed by atoms with Gasteiger partial charge in [0.25, 0.3) is 11.6 Å². The lowest BCUT2D eigenvalue weighted by Gasteiger charge is -2.37. The molecular formula is C16H20ClN3O4. The van der Waals surface area contributed by atoms with Crippen molar-refractivity contribution in [3.05, 3.63) is 38.9 Å². The van der Waals surface area contributed by atoms with Gasteiger partial charge in [-0.3, -0.25) is 19.7 Å². The molecule has 7 nitrogen and oxygen atoms in total. The molecule has 1 fully saturated rings. The number of amides is 2. The van der Waals surface area contributed by atoms with Gasteiger partial charge in [0.15, 0.2) is 0 Å². The van der Waals surface area contributed by atoms with Crippen LogP contribution in [0.1, 0.15) is 31.1 Å². The Bertz CT molecular complexity index is 676. The summed E-state index contributed by atoms with van der Waals surface area (Å²) in [6, 6.07) is 3.81. The fourth-order valence-corrected chi connectivity index (χ4v) is 2.75. The van der Waals surface area contributed by atoms with Crippen molar-refractivity contribution in [1.29, 1.82) is 0 Å². The quantitative estimate of drug-likeness (QED) is 0.604. The third kappa shape index (κ3) is 3.84. The van der Waals surface area contributed by atoms with Crippen LogP contribution in [-0.2, 0) is 4.79 Å². The van der Waals surface area contributed by atoms with Gasteiger partial charge in [0.2, 0.25) is 5.91 Å². The third-order valence-corrected chi connectivity index (χ3v) is 4.22. The first kappa shape index (κ1) is 18.2. The van der Waals surface area contributed by atoms with E-state index in [4.69, 9.17) is 11.6 Å². The summed E-state index contributed by atoms with van der Waals surface area (Å²) < 4.78 is 0. The minimum absolute atomic E-state index is 0.0444. The Kier molecular flexibility index (Phi) is 5.13. The zero-order valence-electron chi connectivity index (χ0n) is 13.9. The summed E-state index contributed by atoms with van der Waals surface area (Å²) in [5, 5.41) is 11.0. The van der Waals surface area contributed by atoms with Gasteiger partial charge in [-0.1, -0.05) is 32.4 Å². The minimum atomic E-state index is -0.562. The van der Waals surface area contributed by atoms with Crippen LogP contribution in [-0.4, -0.2) is 52.7 Å². The van der Waals surface area contributed by atoms with Crippen molar-refractivity contribution in [1.82, 2.24) is 9.80 Å². The average molecular weight is 354 g/mol. The molecule has 1 aromatic rings. The van der Waals surface area contributed by atoms with Crippen molar-refractivity contribution < 1.29 is 14.5 Å². The molecule has 1 aromatic carbocycles. The van der Waals surface area contributed by atoms with Crippen molar-refractivity contribution in [3.63, 3.8) is 0 Å². The summed E-state index contributed by atoms with van der Waals surface area (Å²) in [6.45, 7) is 7.20. The molecule has 130 valence electrons. The van der Waals surface area contributed by atoms with E-state index in [9.17, 15) is 19.7 Å². The molecule has 1 aliphatic heterocycles. The smallest absolute Gasteiger partial charge is 0.270 e. The van der Waals surface area contributed by atoms with E-state index in [-0.39, 0.29) is 28.1 Å². The third-order valence-electron chi connectivity index (χ3n) is 3.89. The highest BCUT2D eigenvalue weighted by Gasteiger charge is 2.31. The lowest BCUT2D eigenvalue weighted by Crippen LogP contribution is -2.53. The predicted molar refractivity (Wildman–Crippen MR) is 90.0 cm³/mol. The molecule has 0 radical (unpaired) electrons. The Morgan fingerprint density at radius 3 is 2.17 bits per heavy atom. The first-order valence-electron chi connectivity index (χ1n) is 7.64. The Balaban J connectivity index is 2.10. The molecule has 1 heterocycles. The summed E-state index contributed by atoms with van der Waals surface area (Å²) in [4.78, 5) is 38.5. The van der Waals surface area contributed by atoms with E-state index in [2.05, 4.69) is 0 Å². The number of nitro benzene ring substituents is 1. The van der Waals surface area contributed by atoms with Gasteiger partial charge in [0.1, 0.15) is 0 Å². The number of piperazine rings is 1. The largest absolute Gasteiger partial charge is 0.339 e. The maximum atomic E-state index is 12.6. The number of non-ortho nitro benzene ring substituents is 1. The highest BCUT2D eigenvalue weighted by molar-refractivity contribution is 6.33. The standard InChI is InChI=1S/C16H20ClN3O4/c1-16(2,3)15(22)19-8-6-18(7-9-19)14(21)12-10-11(20(23)24)4-5-13(12)17/h4-5,10H,6-9H2,1-3H3. The molecule has 1 saturated heterocycles. The van der Waals surface area contributed by atoms with Gasteiger partial charge in [0.05, 0.1) is 15.5 Å². The van der Waals surface area contributed by atoms with Crippen molar-refractivity contribution in [2.75, 3.05) is 26.2 Å². The van der Waals surface area contributed by atoms with Crippen LogP contribution in [0, 0.1) is 15.5 Å². The molecule has 0 aliphatic carbocycles. The lowest BCUT2D eigenvalue weighted by atomic mass is 9.94. The van der Waals surface area contributed by atoms with Crippen molar-refractivity contribution in [3.8, 4) is 0 Å². The van der Waals surface area contributed by atoms with Crippen LogP contribution >= 0.6 is 11.6 Å². The van der Waals surface area contributed by atoms with Gasteiger partial charge in [-0.15, -0.1) is 0 Å². The number of halogens is 1. The van der Waals surface area contributed by atoms with Crippen LogP contribution in [0.4, 0.5) is 5.69 Å². The fourth-order valence-electron chi connectivity index (χ4n) is 2.55. The van der Waals surface area contributed by atoms with Gasteiger partial charge >= 0.3 is 0 Å². The lowest BCUT2D eigenvalue weighted by molar-refractivity contribution is -0.384. The zero-order chi connectivity index (χ0) is 18.1. The Labute approximate surface area is 145 Å². The number of benzene rings is 1. The molecule has 2 amide bonds. The number of carbonyl (C=O) groups is 2. The summed E-state index contributed by atoms with van der Waals surface area (Å²) in [5.74, 6) is -0.311. The molecule has 1 aliphatic rings. The van der Waals surface area contributed by atoms with Gasteiger partial charge in [-0.05, 0) is 6.07 Å². The topological polar surface area (TPSA) is 83.8 Å². The molecule has 24 heavy (non-hydrogen) atoms. The number of hydrogen-bond acceptors (Lipinski definition) is 4. The maximum absolute atomic E-state index is 12.6. The van der Waals surface area contributed by atoms with Gasteiger partial charge in [-0.25, -0.2) is 0 Å². The molecule has 0 N–H and O–H groups in total. The number of rotatable bonds is 2. The molecule has 0 aromatic heterocycles. The van der Waals surface area contributed by atoms with Gasteiger partial charge in [-0.2, -0.15) is 0 Å². The molecule has 0 bridgehead atoms. The number of nitrogens with zero attached hydrogens (tertiary/aromatic N) is 3. The fraction of sp³-hybridized carbons (Fsp3) is 0.500. The summed E-state index contributed by atoms with van der Waals surface area (Å²) >= 11 is 6.02. The van der Waals surface area contributed by atoms with Crippen LogP contribution < -0.4 is 0 Å². The normalized spacial score (nSPS) is 15.3.